The lowest BCUT2D eigenvalue weighted by Crippen LogP contribution is -2.44. The summed E-state index contributed by atoms with van der Waals surface area (Å²) >= 11 is 0. The smallest absolute Gasteiger partial charge is 0.253 e. The van der Waals surface area contributed by atoms with Crippen LogP contribution >= 0.6 is 0 Å². The molecule has 26 heavy (non-hydrogen) atoms. The third-order valence-electron chi connectivity index (χ3n) is 4.38. The first-order valence-corrected chi connectivity index (χ1v) is 8.99. The number of amides is 2. The van der Waals surface area contributed by atoms with E-state index in [9.17, 15) is 9.59 Å². The third-order valence-corrected chi connectivity index (χ3v) is 4.38. The number of anilines is 1. The Kier molecular flexibility index (Phi) is 7.26. The van der Waals surface area contributed by atoms with Crippen LogP contribution in [-0.4, -0.2) is 70.3 Å². The van der Waals surface area contributed by atoms with Gasteiger partial charge in [-0.05, 0) is 31.5 Å². The van der Waals surface area contributed by atoms with E-state index >= 15 is 0 Å². The van der Waals surface area contributed by atoms with Gasteiger partial charge in [0.1, 0.15) is 12.4 Å². The molecule has 0 saturated heterocycles. The first-order chi connectivity index (χ1) is 12.4. The van der Waals surface area contributed by atoms with Gasteiger partial charge >= 0.3 is 0 Å². The molecule has 0 spiro atoms. The molecule has 0 aliphatic carbocycles. The van der Waals surface area contributed by atoms with Crippen molar-refractivity contribution in [3.05, 3.63) is 23.8 Å². The molecule has 1 aliphatic rings. The minimum absolute atomic E-state index is 0.00841. The molecule has 144 valence electrons. The second kappa shape index (κ2) is 9.43. The van der Waals surface area contributed by atoms with Gasteiger partial charge in [0.2, 0.25) is 5.91 Å². The van der Waals surface area contributed by atoms with E-state index in [-0.39, 0.29) is 17.9 Å². The largest absolute Gasteiger partial charge is 0.489 e. The van der Waals surface area contributed by atoms with Gasteiger partial charge in [0.25, 0.3) is 5.91 Å². The Labute approximate surface area is 155 Å². The summed E-state index contributed by atoms with van der Waals surface area (Å²) in [5, 5.41) is 2.92. The molecule has 0 radical (unpaired) electrons. The number of nitrogens with zero attached hydrogens (tertiary/aromatic N) is 2. The van der Waals surface area contributed by atoms with Gasteiger partial charge < -0.3 is 24.6 Å². The van der Waals surface area contributed by atoms with Crippen LogP contribution in [0.1, 0.15) is 30.1 Å². The maximum absolute atomic E-state index is 12.2. The number of rotatable bonds is 8. The normalized spacial score (nSPS) is 15.8. The van der Waals surface area contributed by atoms with Gasteiger partial charge in [0, 0.05) is 46.5 Å². The number of likely N-dealkylation sites (N-methyl/N-ethyl adjacent to an activating group) is 1. The third kappa shape index (κ3) is 5.11. The van der Waals surface area contributed by atoms with E-state index in [1.807, 2.05) is 31.0 Å². The lowest BCUT2D eigenvalue weighted by molar-refractivity contribution is -0.121. The SMILES string of the molecule is CCOCCCNC(=O)CC1COc2ccc(C(=O)N(C)C)cc2N1C. The quantitative estimate of drug-likeness (QED) is 0.709. The van der Waals surface area contributed by atoms with Crippen LogP contribution in [-0.2, 0) is 9.53 Å². The summed E-state index contributed by atoms with van der Waals surface area (Å²) in [6.45, 7) is 4.34. The summed E-state index contributed by atoms with van der Waals surface area (Å²) in [6.07, 6.45) is 1.14. The van der Waals surface area contributed by atoms with Crippen LogP contribution in [0.5, 0.6) is 5.75 Å². The predicted molar refractivity (Wildman–Crippen MR) is 101 cm³/mol. The average Bonchev–Trinajstić information content (AvgIpc) is 2.63. The molecule has 1 aromatic carbocycles. The van der Waals surface area contributed by atoms with Gasteiger partial charge in [-0.1, -0.05) is 0 Å². The van der Waals surface area contributed by atoms with Crippen molar-refractivity contribution in [2.45, 2.75) is 25.8 Å². The fraction of sp³-hybridized carbons (Fsp3) is 0.579. The van der Waals surface area contributed by atoms with Crippen molar-refractivity contribution < 1.29 is 19.1 Å². The van der Waals surface area contributed by atoms with E-state index in [1.165, 1.54) is 0 Å². The zero-order valence-electron chi connectivity index (χ0n) is 16.1. The van der Waals surface area contributed by atoms with E-state index in [2.05, 4.69) is 5.32 Å². The van der Waals surface area contributed by atoms with Crippen molar-refractivity contribution in [3.8, 4) is 5.75 Å². The van der Waals surface area contributed by atoms with Crippen LogP contribution in [0.4, 0.5) is 5.69 Å². The minimum Gasteiger partial charge on any atom is -0.489 e. The van der Waals surface area contributed by atoms with Crippen LogP contribution in [0.2, 0.25) is 0 Å². The van der Waals surface area contributed by atoms with Crippen molar-refractivity contribution in [2.24, 2.45) is 0 Å². The summed E-state index contributed by atoms with van der Waals surface area (Å²) in [5.74, 6) is 0.664. The molecule has 2 rings (SSSR count). The lowest BCUT2D eigenvalue weighted by Gasteiger charge is -2.35. The molecular formula is C19H29N3O4. The topological polar surface area (TPSA) is 71.1 Å². The Morgan fingerprint density at radius 2 is 2.15 bits per heavy atom. The molecule has 1 aromatic rings. The zero-order valence-corrected chi connectivity index (χ0v) is 16.1. The van der Waals surface area contributed by atoms with Crippen LogP contribution in [0, 0.1) is 0 Å². The molecule has 0 aromatic heterocycles. The van der Waals surface area contributed by atoms with E-state index in [0.717, 1.165) is 17.9 Å². The fourth-order valence-corrected chi connectivity index (χ4v) is 2.83. The summed E-state index contributed by atoms with van der Waals surface area (Å²) in [7, 11) is 5.37. The van der Waals surface area contributed by atoms with Gasteiger partial charge in [0.15, 0.2) is 0 Å². The highest BCUT2D eigenvalue weighted by Crippen LogP contribution is 2.34. The van der Waals surface area contributed by atoms with Gasteiger partial charge in [-0.15, -0.1) is 0 Å². The standard InChI is InChI=1S/C19H29N3O4/c1-5-25-10-6-9-20-18(23)12-15-13-26-17-8-7-14(19(24)21(2)3)11-16(17)22(15)4/h7-8,11,15H,5-6,9-10,12-13H2,1-4H3,(H,20,23). The number of fused-ring (bicyclic) bond motifs is 1. The molecule has 0 saturated carbocycles. The van der Waals surface area contributed by atoms with Crippen molar-refractivity contribution in [2.75, 3.05) is 52.4 Å². The fourth-order valence-electron chi connectivity index (χ4n) is 2.83. The Morgan fingerprint density at radius 3 is 2.85 bits per heavy atom. The molecule has 7 heteroatoms. The summed E-state index contributed by atoms with van der Waals surface area (Å²) in [5.41, 5.74) is 1.43. The predicted octanol–water partition coefficient (Wildman–Crippen LogP) is 1.52. The van der Waals surface area contributed by atoms with Gasteiger partial charge in [-0.3, -0.25) is 9.59 Å². The van der Waals surface area contributed by atoms with Gasteiger partial charge in [-0.25, -0.2) is 0 Å². The minimum atomic E-state index is -0.0703. The van der Waals surface area contributed by atoms with Crippen LogP contribution < -0.4 is 15.0 Å². The molecule has 0 fully saturated rings. The van der Waals surface area contributed by atoms with E-state index in [4.69, 9.17) is 9.47 Å². The Morgan fingerprint density at radius 1 is 1.38 bits per heavy atom. The monoisotopic (exact) mass is 363 g/mol. The molecule has 1 N–H and O–H groups in total. The van der Waals surface area contributed by atoms with Crippen molar-refractivity contribution >= 4 is 17.5 Å². The van der Waals surface area contributed by atoms with Crippen molar-refractivity contribution in [3.63, 3.8) is 0 Å². The maximum atomic E-state index is 12.2. The molecule has 7 nitrogen and oxygen atoms in total. The van der Waals surface area contributed by atoms with Gasteiger partial charge in [-0.2, -0.15) is 0 Å². The summed E-state index contributed by atoms with van der Waals surface area (Å²) in [6, 6.07) is 5.33. The van der Waals surface area contributed by atoms with Gasteiger partial charge in [0.05, 0.1) is 18.2 Å². The molecule has 1 unspecified atom stereocenters. The average molecular weight is 363 g/mol. The van der Waals surface area contributed by atoms with Crippen LogP contribution in [0.3, 0.4) is 0 Å². The number of carbonyl (C=O) groups excluding carboxylic acids is 2. The number of hydrogen-bond donors (Lipinski definition) is 1. The lowest BCUT2D eigenvalue weighted by atomic mass is 10.1. The van der Waals surface area contributed by atoms with Crippen LogP contribution in [0.25, 0.3) is 0 Å². The van der Waals surface area contributed by atoms with E-state index in [0.29, 0.717) is 38.3 Å². The second-order valence-electron chi connectivity index (χ2n) is 6.56. The molecule has 1 aliphatic heterocycles. The first-order valence-electron chi connectivity index (χ1n) is 8.99. The Balaban J connectivity index is 1.95. The molecule has 1 atom stereocenters. The highest BCUT2D eigenvalue weighted by Gasteiger charge is 2.27. The molecular weight excluding hydrogens is 334 g/mol. The number of hydrogen-bond acceptors (Lipinski definition) is 5. The first kappa shape index (κ1) is 20.0. The number of nitrogens with one attached hydrogen (secondary N) is 1. The summed E-state index contributed by atoms with van der Waals surface area (Å²) in [4.78, 5) is 27.9. The maximum Gasteiger partial charge on any atom is 0.253 e. The number of benzene rings is 1. The zero-order chi connectivity index (χ0) is 19.1. The number of carbonyl (C=O) groups is 2. The highest BCUT2D eigenvalue weighted by molar-refractivity contribution is 5.95. The molecule has 1 heterocycles. The highest BCUT2D eigenvalue weighted by atomic mass is 16.5. The van der Waals surface area contributed by atoms with Crippen LogP contribution in [0.15, 0.2) is 18.2 Å². The summed E-state index contributed by atoms with van der Waals surface area (Å²) < 4.78 is 11.1. The Hall–Kier alpha value is -2.28. The molecule has 2 amide bonds. The second-order valence-corrected chi connectivity index (χ2v) is 6.56. The van der Waals surface area contributed by atoms with E-state index in [1.54, 1.807) is 25.1 Å². The van der Waals surface area contributed by atoms with Crippen molar-refractivity contribution in [1.29, 1.82) is 0 Å². The molecule has 0 bridgehead atoms. The van der Waals surface area contributed by atoms with E-state index < -0.39 is 0 Å². The van der Waals surface area contributed by atoms with Crippen molar-refractivity contribution in [1.82, 2.24) is 10.2 Å². The number of ether oxygens (including phenoxy) is 2. The Bertz CT molecular complexity index is 633.